The van der Waals surface area contributed by atoms with E-state index < -0.39 is 0 Å². The van der Waals surface area contributed by atoms with Gasteiger partial charge in [-0.05, 0) is 81.3 Å². The highest BCUT2D eigenvalue weighted by Gasteiger charge is 2.33. The predicted octanol–water partition coefficient (Wildman–Crippen LogP) is 4.10. The summed E-state index contributed by atoms with van der Waals surface area (Å²) in [4.78, 5) is 32.3. The molecule has 1 atom stereocenters. The third-order valence-corrected chi connectivity index (χ3v) is 8.11. The minimum Gasteiger partial charge on any atom is -0.366 e. The van der Waals surface area contributed by atoms with Crippen LogP contribution < -0.4 is 15.1 Å². The van der Waals surface area contributed by atoms with Gasteiger partial charge in [0.2, 0.25) is 5.91 Å². The second-order valence-corrected chi connectivity index (χ2v) is 10.4. The van der Waals surface area contributed by atoms with Gasteiger partial charge in [-0.25, -0.2) is 0 Å². The molecule has 2 aromatic rings. The molecule has 2 amide bonds. The van der Waals surface area contributed by atoms with E-state index in [1.807, 2.05) is 25.2 Å². The largest absolute Gasteiger partial charge is 0.366 e. The number of anilines is 2. The molecule has 0 radical (unpaired) electrons. The van der Waals surface area contributed by atoms with Crippen LogP contribution in [0.5, 0.6) is 0 Å². The molecule has 0 saturated carbocycles. The topological polar surface area (TPSA) is 55.9 Å². The van der Waals surface area contributed by atoms with Crippen molar-refractivity contribution in [1.29, 1.82) is 0 Å². The SMILES string of the molecule is CN1C(=O)CC2CCCCN2c2ccc(C(=O)NCCN3CCC(Cc4ccccc4)CC3)cc21. The zero-order valence-electron chi connectivity index (χ0n) is 20.9. The summed E-state index contributed by atoms with van der Waals surface area (Å²) in [6.45, 7) is 4.68. The summed E-state index contributed by atoms with van der Waals surface area (Å²) >= 11 is 0. The van der Waals surface area contributed by atoms with Gasteiger partial charge in [0.05, 0.1) is 11.4 Å². The van der Waals surface area contributed by atoms with Gasteiger partial charge in [-0.15, -0.1) is 0 Å². The smallest absolute Gasteiger partial charge is 0.251 e. The van der Waals surface area contributed by atoms with Crippen LogP contribution in [-0.4, -0.2) is 62.5 Å². The molecule has 3 aliphatic heterocycles. The highest BCUT2D eigenvalue weighted by atomic mass is 16.2. The molecule has 0 spiro atoms. The Morgan fingerprint density at radius 3 is 2.57 bits per heavy atom. The van der Waals surface area contributed by atoms with E-state index in [-0.39, 0.29) is 17.9 Å². The van der Waals surface area contributed by atoms with E-state index in [1.54, 1.807) is 4.90 Å². The highest BCUT2D eigenvalue weighted by Crippen LogP contribution is 2.38. The third-order valence-electron chi connectivity index (χ3n) is 8.11. The lowest BCUT2D eigenvalue weighted by atomic mass is 9.90. The van der Waals surface area contributed by atoms with Gasteiger partial charge in [-0.3, -0.25) is 9.59 Å². The third kappa shape index (κ3) is 5.53. The summed E-state index contributed by atoms with van der Waals surface area (Å²) in [5.41, 5.74) is 3.99. The average molecular weight is 475 g/mol. The molecule has 1 N–H and O–H groups in total. The van der Waals surface area contributed by atoms with Crippen molar-refractivity contribution in [2.75, 3.05) is 49.6 Å². The first kappa shape index (κ1) is 23.9. The number of nitrogens with zero attached hydrogens (tertiary/aromatic N) is 3. The molecule has 0 aliphatic carbocycles. The van der Waals surface area contributed by atoms with Crippen molar-refractivity contribution in [1.82, 2.24) is 10.2 Å². The van der Waals surface area contributed by atoms with Crippen molar-refractivity contribution in [3.05, 3.63) is 59.7 Å². The number of rotatable bonds is 6. The first-order valence-electron chi connectivity index (χ1n) is 13.3. The molecule has 1 unspecified atom stereocenters. The Labute approximate surface area is 209 Å². The summed E-state index contributed by atoms with van der Waals surface area (Å²) in [5.74, 6) is 0.822. The molecule has 5 rings (SSSR count). The lowest BCUT2D eigenvalue weighted by molar-refractivity contribution is -0.118. The second-order valence-electron chi connectivity index (χ2n) is 10.4. The highest BCUT2D eigenvalue weighted by molar-refractivity contribution is 6.02. The zero-order chi connectivity index (χ0) is 24.2. The van der Waals surface area contributed by atoms with Gasteiger partial charge in [-0.1, -0.05) is 30.3 Å². The maximum Gasteiger partial charge on any atom is 0.251 e. The molecule has 2 saturated heterocycles. The summed E-state index contributed by atoms with van der Waals surface area (Å²) < 4.78 is 0. The van der Waals surface area contributed by atoms with Gasteiger partial charge in [0.15, 0.2) is 0 Å². The monoisotopic (exact) mass is 474 g/mol. The molecule has 2 fully saturated rings. The molecule has 0 bridgehead atoms. The molecular formula is C29H38N4O2. The van der Waals surface area contributed by atoms with Crippen molar-refractivity contribution in [3.63, 3.8) is 0 Å². The fourth-order valence-electron chi connectivity index (χ4n) is 5.97. The maximum atomic E-state index is 12.9. The van der Waals surface area contributed by atoms with Crippen molar-refractivity contribution >= 4 is 23.2 Å². The van der Waals surface area contributed by atoms with E-state index in [2.05, 4.69) is 45.4 Å². The quantitative estimate of drug-likeness (QED) is 0.685. The van der Waals surface area contributed by atoms with Gasteiger partial charge in [-0.2, -0.15) is 0 Å². The Balaban J connectivity index is 1.13. The zero-order valence-corrected chi connectivity index (χ0v) is 20.9. The van der Waals surface area contributed by atoms with Crippen LogP contribution in [0.2, 0.25) is 0 Å². The first-order chi connectivity index (χ1) is 17.1. The molecule has 6 nitrogen and oxygen atoms in total. The molecule has 2 aromatic carbocycles. The van der Waals surface area contributed by atoms with E-state index >= 15 is 0 Å². The van der Waals surface area contributed by atoms with Crippen LogP contribution in [0, 0.1) is 5.92 Å². The van der Waals surface area contributed by atoms with Crippen LogP contribution in [0.3, 0.4) is 0 Å². The lowest BCUT2D eigenvalue weighted by Crippen LogP contribution is -2.40. The number of likely N-dealkylation sites (tertiary alicyclic amines) is 1. The number of piperidine rings is 2. The number of nitrogens with one attached hydrogen (secondary N) is 1. The van der Waals surface area contributed by atoms with E-state index in [4.69, 9.17) is 0 Å². The fraction of sp³-hybridized carbons (Fsp3) is 0.517. The molecule has 6 heteroatoms. The molecule has 3 heterocycles. The first-order valence-corrected chi connectivity index (χ1v) is 13.3. The number of hydrogen-bond acceptors (Lipinski definition) is 4. The Kier molecular flexibility index (Phi) is 7.37. The fourth-order valence-corrected chi connectivity index (χ4v) is 5.97. The summed E-state index contributed by atoms with van der Waals surface area (Å²) in [6, 6.07) is 16.9. The van der Waals surface area contributed by atoms with Crippen molar-refractivity contribution < 1.29 is 9.59 Å². The molecule has 35 heavy (non-hydrogen) atoms. The summed E-state index contributed by atoms with van der Waals surface area (Å²) in [6.07, 6.45) is 7.54. The number of amides is 2. The Hall–Kier alpha value is -2.86. The molecule has 186 valence electrons. The Bertz CT molecular complexity index is 1030. The Morgan fingerprint density at radius 2 is 1.77 bits per heavy atom. The van der Waals surface area contributed by atoms with Crippen LogP contribution in [-0.2, 0) is 11.2 Å². The van der Waals surface area contributed by atoms with Crippen LogP contribution in [0.25, 0.3) is 0 Å². The van der Waals surface area contributed by atoms with Crippen LogP contribution in [0.1, 0.15) is 54.4 Å². The lowest BCUT2D eigenvalue weighted by Gasteiger charge is -2.36. The van der Waals surface area contributed by atoms with Crippen molar-refractivity contribution in [2.45, 2.75) is 51.0 Å². The number of benzene rings is 2. The molecule has 3 aliphatic rings. The maximum absolute atomic E-state index is 12.9. The Morgan fingerprint density at radius 1 is 0.971 bits per heavy atom. The number of hydrogen-bond donors (Lipinski definition) is 1. The van der Waals surface area contributed by atoms with Gasteiger partial charge in [0.1, 0.15) is 0 Å². The van der Waals surface area contributed by atoms with Crippen LogP contribution in [0.15, 0.2) is 48.5 Å². The standard InChI is InChI=1S/C29H38N4O2/c1-31-27-20-24(10-11-26(27)33-15-6-5-9-25(33)21-28(31)34)29(35)30-14-18-32-16-12-23(13-17-32)19-22-7-3-2-4-8-22/h2-4,7-8,10-11,20,23,25H,5-6,9,12-19,21H2,1H3,(H,30,35). The van der Waals surface area contributed by atoms with E-state index in [1.165, 1.54) is 31.2 Å². The number of fused-ring (bicyclic) bond motifs is 3. The van der Waals surface area contributed by atoms with Gasteiger partial charge in [0, 0.05) is 44.7 Å². The van der Waals surface area contributed by atoms with Gasteiger partial charge in [0.25, 0.3) is 5.91 Å². The predicted molar refractivity (Wildman–Crippen MR) is 141 cm³/mol. The normalized spacial score (nSPS) is 21.3. The molecular weight excluding hydrogens is 436 g/mol. The van der Waals surface area contributed by atoms with E-state index in [0.29, 0.717) is 18.5 Å². The van der Waals surface area contributed by atoms with Crippen molar-refractivity contribution in [3.8, 4) is 0 Å². The minimum atomic E-state index is -0.0629. The van der Waals surface area contributed by atoms with Gasteiger partial charge >= 0.3 is 0 Å². The average Bonchev–Trinajstić information content (AvgIpc) is 2.99. The van der Waals surface area contributed by atoms with E-state index in [0.717, 1.165) is 56.3 Å². The number of carbonyl (C=O) groups excluding carboxylic acids is 2. The molecule has 0 aromatic heterocycles. The summed E-state index contributed by atoms with van der Waals surface area (Å²) in [7, 11) is 1.84. The number of carbonyl (C=O) groups is 2. The van der Waals surface area contributed by atoms with E-state index in [9.17, 15) is 9.59 Å². The van der Waals surface area contributed by atoms with Crippen molar-refractivity contribution in [2.24, 2.45) is 5.92 Å². The van der Waals surface area contributed by atoms with Gasteiger partial charge < -0.3 is 20.0 Å². The van der Waals surface area contributed by atoms with Crippen LogP contribution >= 0.6 is 0 Å². The second kappa shape index (κ2) is 10.8. The van der Waals surface area contributed by atoms with Crippen LogP contribution in [0.4, 0.5) is 11.4 Å². The minimum absolute atomic E-state index is 0.0629. The summed E-state index contributed by atoms with van der Waals surface area (Å²) in [5, 5.41) is 3.10.